The highest BCUT2D eigenvalue weighted by Crippen LogP contribution is 2.19. The highest BCUT2D eigenvalue weighted by molar-refractivity contribution is 5.64. The summed E-state index contributed by atoms with van der Waals surface area (Å²) in [6.07, 6.45) is 81.0. The molecule has 0 fully saturated rings. The van der Waals surface area contributed by atoms with Gasteiger partial charge in [-0.15, -0.1) is 0 Å². The minimum absolute atomic E-state index is 0.606. The van der Waals surface area contributed by atoms with Crippen molar-refractivity contribution >= 4 is 12.2 Å². The van der Waals surface area contributed by atoms with Gasteiger partial charge >= 0.3 is 12.2 Å². The Hall–Kier alpha value is -3.02. The van der Waals surface area contributed by atoms with Crippen molar-refractivity contribution in [3.05, 3.63) is 71.8 Å². The van der Waals surface area contributed by atoms with Crippen LogP contribution in [0.3, 0.4) is 0 Å². The predicted molar refractivity (Wildman–Crippen MR) is 367 cm³/mol. The molecule has 2 amide bonds. The van der Waals surface area contributed by atoms with Crippen LogP contribution in [0.5, 0.6) is 0 Å². The summed E-state index contributed by atoms with van der Waals surface area (Å²) >= 11 is 0. The van der Waals surface area contributed by atoms with Gasteiger partial charge < -0.3 is 20.8 Å². The van der Waals surface area contributed by atoms with Crippen LogP contribution >= 0.6 is 0 Å². The van der Waals surface area contributed by atoms with Crippen LogP contribution in [0.2, 0.25) is 0 Å². The molecule has 0 saturated heterocycles. The standard InChI is InChI=1S/2C32H65NO2.C13H12/c2*1-2-3-4-5-6-7-8-9-10-11-12-13-14-15-16-17-18-19-20-21-22-23-24-25-26-27-28-29-30-31-33-32(34)35;1-3-7-12(8-4-1)11-13-9-5-2-6-10-13/h2*33H,2-31H2,1H3,(H,34,35);1-10H,11H2. The molecule has 0 spiro atoms. The number of amides is 2. The Balaban J connectivity index is 0.00000133. The Labute approximate surface area is 517 Å². The lowest BCUT2D eigenvalue weighted by molar-refractivity contribution is 0.193. The van der Waals surface area contributed by atoms with Gasteiger partial charge in [-0.2, -0.15) is 0 Å². The van der Waals surface area contributed by atoms with Crippen molar-refractivity contribution in [2.24, 2.45) is 0 Å². The molecule has 0 aliphatic rings. The van der Waals surface area contributed by atoms with Gasteiger partial charge in [0.05, 0.1) is 0 Å². The SMILES string of the molecule is CCCCCCCCCCCCCCCCCCCCCCCCCCCCCCCNC(=O)O.CCCCCCCCCCCCCCCCCCCCCCCCCCCCCCCNC(=O)O.c1ccc(Cc2ccccc2)cc1. The third-order valence-corrected chi connectivity index (χ3v) is 17.2. The second-order valence-electron chi connectivity index (χ2n) is 25.4. The molecular formula is C77H142N2O4. The molecule has 6 heteroatoms. The maximum Gasteiger partial charge on any atom is 0.404 e. The molecule has 2 rings (SSSR count). The van der Waals surface area contributed by atoms with Gasteiger partial charge in [0.1, 0.15) is 0 Å². The number of carbonyl (C=O) groups is 2. The average molecular weight is 1160 g/mol. The first kappa shape index (κ1) is 80.0. The van der Waals surface area contributed by atoms with E-state index < -0.39 is 12.2 Å². The lowest BCUT2D eigenvalue weighted by Gasteiger charge is -2.04. The van der Waals surface area contributed by atoms with Crippen molar-refractivity contribution in [1.29, 1.82) is 0 Å². The molecule has 0 aliphatic heterocycles. The summed E-state index contributed by atoms with van der Waals surface area (Å²) in [5.41, 5.74) is 2.74. The van der Waals surface area contributed by atoms with Crippen LogP contribution in [0.15, 0.2) is 60.7 Å². The third kappa shape index (κ3) is 71.4. The highest BCUT2D eigenvalue weighted by atomic mass is 16.4. The molecule has 0 saturated carbocycles. The lowest BCUT2D eigenvalue weighted by Crippen LogP contribution is -2.21. The number of carboxylic acid groups (broad SMARTS) is 2. The fourth-order valence-corrected chi connectivity index (χ4v) is 11.8. The Morgan fingerprint density at radius 1 is 0.241 bits per heavy atom. The molecule has 0 aliphatic carbocycles. The van der Waals surface area contributed by atoms with Crippen molar-refractivity contribution in [3.8, 4) is 0 Å². The molecular weight excluding hydrogens is 1020 g/mol. The van der Waals surface area contributed by atoms with Gasteiger partial charge in [-0.25, -0.2) is 9.59 Å². The first-order chi connectivity index (χ1) is 41.0. The van der Waals surface area contributed by atoms with E-state index in [1.807, 2.05) is 0 Å². The molecule has 2 aromatic carbocycles. The van der Waals surface area contributed by atoms with E-state index in [4.69, 9.17) is 10.2 Å². The van der Waals surface area contributed by atoms with Crippen LogP contribution in [0.25, 0.3) is 0 Å². The van der Waals surface area contributed by atoms with Gasteiger partial charge in [0.25, 0.3) is 0 Å². The summed E-state index contributed by atoms with van der Waals surface area (Å²) in [5.74, 6) is 0. The molecule has 0 unspecified atom stereocenters. The number of hydrogen-bond acceptors (Lipinski definition) is 2. The van der Waals surface area contributed by atoms with Gasteiger partial charge in [-0.3, -0.25) is 0 Å². The zero-order valence-corrected chi connectivity index (χ0v) is 55.6. The number of nitrogens with one attached hydrogen (secondary N) is 2. The summed E-state index contributed by atoms with van der Waals surface area (Å²) < 4.78 is 0. The number of hydrogen-bond donors (Lipinski definition) is 4. The largest absolute Gasteiger partial charge is 0.465 e. The van der Waals surface area contributed by atoms with E-state index in [1.54, 1.807) is 0 Å². The second-order valence-corrected chi connectivity index (χ2v) is 25.4. The van der Waals surface area contributed by atoms with Crippen LogP contribution in [0, 0.1) is 0 Å². The zero-order valence-electron chi connectivity index (χ0n) is 55.6. The fraction of sp³-hybridized carbons (Fsp3) is 0.818. The van der Waals surface area contributed by atoms with E-state index in [-0.39, 0.29) is 0 Å². The monoisotopic (exact) mass is 1160 g/mol. The van der Waals surface area contributed by atoms with Crippen LogP contribution in [-0.4, -0.2) is 35.5 Å². The molecule has 0 radical (unpaired) electrons. The minimum Gasteiger partial charge on any atom is -0.465 e. The highest BCUT2D eigenvalue weighted by Gasteiger charge is 2.01. The average Bonchev–Trinajstić information content (AvgIpc) is 3.49. The van der Waals surface area contributed by atoms with Gasteiger partial charge in [-0.1, -0.05) is 434 Å². The maximum atomic E-state index is 10.3. The number of benzene rings is 2. The van der Waals surface area contributed by atoms with Crippen molar-refractivity contribution in [3.63, 3.8) is 0 Å². The van der Waals surface area contributed by atoms with Crippen LogP contribution in [0.1, 0.15) is 397 Å². The number of unbranched alkanes of at least 4 members (excludes halogenated alkanes) is 56. The Bertz CT molecular complexity index is 1390. The smallest absolute Gasteiger partial charge is 0.404 e. The van der Waals surface area contributed by atoms with Crippen LogP contribution in [-0.2, 0) is 6.42 Å². The first-order valence-corrected chi connectivity index (χ1v) is 37.0. The number of rotatable bonds is 62. The molecule has 4 N–H and O–H groups in total. The summed E-state index contributed by atoms with van der Waals surface area (Å²) in [4.78, 5) is 20.7. The van der Waals surface area contributed by atoms with E-state index >= 15 is 0 Å². The topological polar surface area (TPSA) is 98.7 Å². The first-order valence-electron chi connectivity index (χ1n) is 37.0. The Morgan fingerprint density at radius 2 is 0.386 bits per heavy atom. The molecule has 0 bridgehead atoms. The second kappa shape index (κ2) is 71.5. The molecule has 83 heavy (non-hydrogen) atoms. The van der Waals surface area contributed by atoms with Crippen molar-refractivity contribution < 1.29 is 19.8 Å². The lowest BCUT2D eigenvalue weighted by atomic mass is 10.0. The molecule has 6 nitrogen and oxygen atoms in total. The van der Waals surface area contributed by atoms with Crippen molar-refractivity contribution in [2.75, 3.05) is 13.1 Å². The molecule has 2 aromatic rings. The molecule has 484 valence electrons. The zero-order chi connectivity index (χ0) is 59.9. The van der Waals surface area contributed by atoms with Gasteiger partial charge in [0.15, 0.2) is 0 Å². The van der Waals surface area contributed by atoms with Crippen LogP contribution in [0.4, 0.5) is 9.59 Å². The van der Waals surface area contributed by atoms with Gasteiger partial charge in [-0.05, 0) is 30.4 Å². The molecule has 0 atom stereocenters. The maximum absolute atomic E-state index is 10.3. The van der Waals surface area contributed by atoms with Crippen LogP contribution < -0.4 is 10.6 Å². The fourth-order valence-electron chi connectivity index (χ4n) is 11.8. The summed E-state index contributed by atoms with van der Waals surface area (Å²) in [5, 5.41) is 21.9. The minimum atomic E-state index is -0.898. The molecule has 0 aromatic heterocycles. The summed E-state index contributed by atoms with van der Waals surface area (Å²) in [7, 11) is 0. The van der Waals surface area contributed by atoms with Gasteiger partial charge in [0, 0.05) is 13.1 Å². The Morgan fingerprint density at radius 3 is 0.530 bits per heavy atom. The Kier molecular flexibility index (Phi) is 68.9. The van der Waals surface area contributed by atoms with E-state index in [0.29, 0.717) is 13.1 Å². The normalized spacial score (nSPS) is 11.0. The quantitative estimate of drug-likeness (QED) is 0.0496. The predicted octanol–water partition coefficient (Wildman–Crippen LogP) is 26.5. The van der Waals surface area contributed by atoms with E-state index in [9.17, 15) is 9.59 Å². The van der Waals surface area contributed by atoms with E-state index in [0.717, 1.165) is 32.1 Å². The summed E-state index contributed by atoms with van der Waals surface area (Å²) in [6, 6.07) is 21.1. The van der Waals surface area contributed by atoms with Gasteiger partial charge in [0.2, 0.25) is 0 Å². The van der Waals surface area contributed by atoms with E-state index in [2.05, 4.69) is 85.1 Å². The van der Waals surface area contributed by atoms with Crippen molar-refractivity contribution in [1.82, 2.24) is 10.6 Å². The van der Waals surface area contributed by atoms with E-state index in [1.165, 1.54) is 358 Å². The summed E-state index contributed by atoms with van der Waals surface area (Å²) in [6.45, 7) is 5.81. The third-order valence-electron chi connectivity index (χ3n) is 17.2. The van der Waals surface area contributed by atoms with Crippen molar-refractivity contribution in [2.45, 2.75) is 393 Å². The molecule has 0 heterocycles.